The van der Waals surface area contributed by atoms with Crippen LogP contribution in [-0.4, -0.2) is 59.4 Å². The summed E-state index contributed by atoms with van der Waals surface area (Å²) in [6, 6.07) is 7.36. The number of thioether (sulfide) groups is 2. The van der Waals surface area contributed by atoms with Crippen molar-refractivity contribution in [3.8, 4) is 0 Å². The van der Waals surface area contributed by atoms with Crippen LogP contribution < -0.4 is 0 Å². The highest BCUT2D eigenvalue weighted by Gasteiger charge is 2.68. The highest BCUT2D eigenvalue weighted by Crippen LogP contribution is 2.84. The Balaban J connectivity index is 2.41. The highest BCUT2D eigenvalue weighted by molar-refractivity contribution is 8.33. The minimum absolute atomic E-state index is 0.0335. The Labute approximate surface area is 267 Å². The second-order valence-corrected chi connectivity index (χ2v) is 19.8. The van der Waals surface area contributed by atoms with Gasteiger partial charge in [0.1, 0.15) is 21.5 Å². The zero-order valence-corrected chi connectivity index (χ0v) is 29.2. The van der Waals surface area contributed by atoms with Gasteiger partial charge in [-0.25, -0.2) is 9.59 Å². The van der Waals surface area contributed by atoms with E-state index in [-0.39, 0.29) is 21.4 Å². The van der Waals surface area contributed by atoms with E-state index in [9.17, 15) is 19.5 Å². The molecule has 0 spiro atoms. The Morgan fingerprint density at radius 3 is 1.67 bits per heavy atom. The van der Waals surface area contributed by atoms with Gasteiger partial charge < -0.3 is 14.6 Å². The molecular formula is C31H42O6PS4+. The number of unbranched alkanes of at least 4 members (excludes halogenated alkanes) is 3. The summed E-state index contributed by atoms with van der Waals surface area (Å²) in [5, 5.41) is 15.2. The summed E-state index contributed by atoms with van der Waals surface area (Å²) in [5.74, 6) is -2.11. The molecule has 1 atom stereocenters. The average Bonchev–Trinajstić information content (AvgIpc) is 3.80. The molecule has 2 aromatic heterocycles. The lowest BCUT2D eigenvalue weighted by atomic mass is 10.0. The van der Waals surface area contributed by atoms with E-state index in [0.717, 1.165) is 57.0 Å². The van der Waals surface area contributed by atoms with Gasteiger partial charge in [-0.15, -0.1) is 22.7 Å². The highest BCUT2D eigenvalue weighted by atomic mass is 32.2. The number of carbonyl (C=O) groups is 3. The van der Waals surface area contributed by atoms with Crippen LogP contribution in [0.25, 0.3) is 5.76 Å². The lowest BCUT2D eigenvalue weighted by Crippen LogP contribution is -2.40. The topological polar surface area (TPSA) is 89.9 Å². The summed E-state index contributed by atoms with van der Waals surface area (Å²) in [6.45, 7) is 6.51. The van der Waals surface area contributed by atoms with Gasteiger partial charge >= 0.3 is 11.9 Å². The predicted octanol–water partition coefficient (Wildman–Crippen LogP) is 9.32. The fourth-order valence-corrected chi connectivity index (χ4v) is 18.3. The van der Waals surface area contributed by atoms with Crippen molar-refractivity contribution in [2.45, 2.75) is 63.1 Å². The van der Waals surface area contributed by atoms with Gasteiger partial charge in [0, 0.05) is 7.26 Å². The van der Waals surface area contributed by atoms with Crippen LogP contribution in [0.1, 0.15) is 73.8 Å². The van der Waals surface area contributed by atoms with E-state index in [1.807, 2.05) is 35.0 Å². The summed E-state index contributed by atoms with van der Waals surface area (Å²) in [6.07, 6.45) is 10.4. The minimum Gasteiger partial charge on any atom is -0.507 e. The fraction of sp³-hybridized carbons (Fsp3) is 0.516. The Bertz CT molecular complexity index is 1200. The molecule has 0 amide bonds. The van der Waals surface area contributed by atoms with Crippen molar-refractivity contribution in [3.63, 3.8) is 0 Å². The van der Waals surface area contributed by atoms with Crippen molar-refractivity contribution in [1.29, 1.82) is 0 Å². The van der Waals surface area contributed by atoms with Crippen molar-refractivity contribution in [2.24, 2.45) is 5.92 Å². The molecule has 230 valence electrons. The molecular weight excluding hydrogens is 628 g/mol. The van der Waals surface area contributed by atoms with Gasteiger partial charge in [-0.05, 0) is 48.2 Å². The molecule has 1 N–H and O–H groups in total. The molecule has 42 heavy (non-hydrogen) atoms. The summed E-state index contributed by atoms with van der Waals surface area (Å²) < 4.78 is 9.47. The number of Topliss-reactive ketones (excluding diaryl/α,β-unsaturated/α-hetero) is 1. The molecule has 0 radical (unpaired) electrons. The molecule has 1 aliphatic rings. The number of hydrogen-bond acceptors (Lipinski definition) is 10. The molecule has 2 aromatic rings. The molecule has 3 rings (SSSR count). The standard InChI is InChI=1S/C31H41O6PS4/c1-6-9-16-38(17-10-7-2,18-11-8-3)31(41-27(29(34)36-4)28(42-31)30(35)37-5)22(26(33)25-15-13-20-40-25)21-23(32)24-14-12-19-39-24/h12-15,19-22H,6-11,16-18H2,1-5H3/p+1/b23-21-. The summed E-state index contributed by atoms with van der Waals surface area (Å²) >= 11 is 5.41. The Kier molecular flexibility index (Phi) is 13.7. The van der Waals surface area contributed by atoms with Gasteiger partial charge in [0.05, 0.1) is 42.5 Å². The van der Waals surface area contributed by atoms with Gasteiger partial charge in [-0.3, -0.25) is 4.79 Å². The van der Waals surface area contributed by atoms with Crippen LogP contribution >= 0.6 is 53.5 Å². The molecule has 0 saturated heterocycles. The SMILES string of the molecule is CCCC[P+](CCCC)(CCCC)C1(C(/C=C(\O)c2cccs2)C(=O)c2cccs2)SC(C(=O)OC)=C(C(=O)OC)S1. The molecule has 1 unspecified atom stereocenters. The monoisotopic (exact) mass is 669 g/mol. The van der Waals surface area contributed by atoms with Crippen LogP contribution in [0.15, 0.2) is 50.9 Å². The number of methoxy groups -OCH3 is 2. The number of esters is 2. The van der Waals surface area contributed by atoms with Gasteiger partial charge in [0.2, 0.25) is 0 Å². The van der Waals surface area contributed by atoms with Crippen LogP contribution in [0, 0.1) is 5.92 Å². The lowest BCUT2D eigenvalue weighted by Gasteiger charge is -2.45. The number of hydrogen-bond donors (Lipinski definition) is 1. The van der Waals surface area contributed by atoms with Crippen molar-refractivity contribution in [2.75, 3.05) is 32.7 Å². The third-order valence-corrected chi connectivity index (χ3v) is 20.1. The van der Waals surface area contributed by atoms with E-state index in [2.05, 4.69) is 20.8 Å². The first kappa shape index (κ1) is 34.9. The Morgan fingerprint density at radius 2 is 1.29 bits per heavy atom. The fourth-order valence-electron chi connectivity index (χ4n) is 5.24. The second-order valence-electron chi connectivity index (χ2n) is 10.2. The molecule has 6 nitrogen and oxygen atoms in total. The van der Waals surface area contributed by atoms with Gasteiger partial charge in [0.25, 0.3) is 0 Å². The van der Waals surface area contributed by atoms with Crippen molar-refractivity contribution in [3.05, 3.63) is 60.7 Å². The first-order valence-electron chi connectivity index (χ1n) is 14.4. The number of carbonyl (C=O) groups excluding carboxylic acids is 3. The van der Waals surface area contributed by atoms with E-state index >= 15 is 0 Å². The van der Waals surface area contributed by atoms with E-state index in [4.69, 9.17) is 9.47 Å². The zero-order valence-electron chi connectivity index (χ0n) is 25.1. The van der Waals surface area contributed by atoms with Crippen molar-refractivity contribution >= 4 is 76.9 Å². The molecule has 0 bridgehead atoms. The number of aliphatic hydroxyl groups excluding tert-OH is 1. The predicted molar refractivity (Wildman–Crippen MR) is 182 cm³/mol. The summed E-state index contributed by atoms with van der Waals surface area (Å²) in [5.41, 5.74) is 0. The maximum Gasteiger partial charge on any atom is 0.345 e. The normalized spacial score (nSPS) is 16.0. The smallest absolute Gasteiger partial charge is 0.345 e. The first-order chi connectivity index (χ1) is 20.2. The minimum atomic E-state index is -2.14. The number of rotatable bonds is 17. The van der Waals surface area contributed by atoms with Crippen molar-refractivity contribution < 1.29 is 29.0 Å². The van der Waals surface area contributed by atoms with Gasteiger partial charge in [0.15, 0.2) is 9.60 Å². The molecule has 0 aromatic carbocycles. The number of ether oxygens (including phenoxy) is 2. The summed E-state index contributed by atoms with van der Waals surface area (Å²) in [4.78, 5) is 42.8. The molecule has 3 heterocycles. The largest absolute Gasteiger partial charge is 0.507 e. The maximum absolute atomic E-state index is 14.7. The van der Waals surface area contributed by atoms with E-state index < -0.39 is 28.9 Å². The maximum atomic E-state index is 14.7. The van der Waals surface area contributed by atoms with E-state index in [1.165, 1.54) is 60.4 Å². The third kappa shape index (κ3) is 7.55. The number of ketones is 1. The van der Waals surface area contributed by atoms with Crippen LogP contribution in [0.3, 0.4) is 0 Å². The molecule has 0 aliphatic carbocycles. The summed E-state index contributed by atoms with van der Waals surface area (Å²) in [7, 11) is 0.467. The van der Waals surface area contributed by atoms with Crippen LogP contribution in [-0.2, 0) is 19.1 Å². The second kappa shape index (κ2) is 16.5. The molecule has 0 fully saturated rings. The number of aliphatic hydroxyl groups is 1. The Morgan fingerprint density at radius 1 is 0.833 bits per heavy atom. The third-order valence-electron chi connectivity index (χ3n) is 7.46. The van der Waals surface area contributed by atoms with Crippen molar-refractivity contribution in [1.82, 2.24) is 0 Å². The first-order valence-corrected chi connectivity index (χ1v) is 20.1. The van der Waals surface area contributed by atoms with E-state index in [1.54, 1.807) is 6.08 Å². The molecule has 1 aliphatic heterocycles. The van der Waals surface area contributed by atoms with Gasteiger partial charge in [-0.2, -0.15) is 0 Å². The molecule has 11 heteroatoms. The molecule has 0 saturated carbocycles. The average molecular weight is 670 g/mol. The lowest BCUT2D eigenvalue weighted by molar-refractivity contribution is -0.138. The number of thiophene rings is 2. The number of allylic oxidation sites excluding steroid dienone is 1. The quantitative estimate of drug-likeness (QED) is 0.0772. The van der Waals surface area contributed by atoms with Crippen LogP contribution in [0.4, 0.5) is 0 Å². The van der Waals surface area contributed by atoms with E-state index in [0.29, 0.717) is 9.75 Å². The Hall–Kier alpha value is -1.58. The van der Waals surface area contributed by atoms with Crippen LogP contribution in [0.5, 0.6) is 0 Å². The van der Waals surface area contributed by atoms with Crippen LogP contribution in [0.2, 0.25) is 0 Å². The zero-order chi connectivity index (χ0) is 30.8. The van der Waals surface area contributed by atoms with Gasteiger partial charge in [-0.1, -0.05) is 75.7 Å².